The number of carbonyl (C=O) groups excluding carboxylic acids is 2. The van der Waals surface area contributed by atoms with Gasteiger partial charge in [-0.25, -0.2) is 0 Å². The molecule has 0 spiro atoms. The molecule has 0 atom stereocenters. The van der Waals surface area contributed by atoms with Gasteiger partial charge in [-0.1, -0.05) is 48.5 Å². The van der Waals surface area contributed by atoms with E-state index in [2.05, 4.69) is 24.3 Å². The molecule has 1 N–H and O–H groups in total. The van der Waals surface area contributed by atoms with E-state index >= 15 is 0 Å². The Kier molecular flexibility index (Phi) is 5.39. The number of carbonyl (C=O) groups is 2. The van der Waals surface area contributed by atoms with E-state index in [0.717, 1.165) is 0 Å². The number of nitrogens with one attached hydrogen (secondary N) is 1. The average Bonchev–Trinajstić information content (AvgIpc) is 2.97. The summed E-state index contributed by atoms with van der Waals surface area (Å²) in [7, 11) is 0. The molecule has 1 aliphatic rings. The van der Waals surface area contributed by atoms with Gasteiger partial charge in [-0.2, -0.15) is 0 Å². The third-order valence-corrected chi connectivity index (χ3v) is 4.55. The summed E-state index contributed by atoms with van der Waals surface area (Å²) in [5, 5.41) is 6.92. The predicted molar refractivity (Wildman–Crippen MR) is 96.9 cm³/mol. The van der Waals surface area contributed by atoms with E-state index in [9.17, 15) is 9.59 Å². The average molecular weight is 335 g/mol. The maximum atomic E-state index is 12.0. The van der Waals surface area contributed by atoms with Gasteiger partial charge in [-0.15, -0.1) is 0 Å². The van der Waals surface area contributed by atoms with Crippen LogP contribution in [0.1, 0.15) is 42.7 Å². The van der Waals surface area contributed by atoms with Gasteiger partial charge in [-0.05, 0) is 34.9 Å². The van der Waals surface area contributed by atoms with Gasteiger partial charge in [0.2, 0.25) is 0 Å². The molecule has 0 saturated carbocycles. The highest BCUT2D eigenvalue weighted by Crippen LogP contribution is 2.44. The highest BCUT2D eigenvalue weighted by Gasteiger charge is 2.28. The number of benzene rings is 2. The Morgan fingerprint density at radius 3 is 2.12 bits per heavy atom. The van der Waals surface area contributed by atoms with Crippen molar-refractivity contribution >= 4 is 18.0 Å². The van der Waals surface area contributed by atoms with Crippen LogP contribution in [0.4, 0.5) is 0 Å². The first-order valence-corrected chi connectivity index (χ1v) is 8.55. The lowest BCUT2D eigenvalue weighted by Gasteiger charge is -2.14. The van der Waals surface area contributed by atoms with Gasteiger partial charge in [0.15, 0.2) is 0 Å². The molecule has 0 amide bonds. The molecular weight excluding hydrogens is 314 g/mol. The van der Waals surface area contributed by atoms with Crippen molar-refractivity contribution in [2.75, 3.05) is 6.61 Å². The SMILES string of the molecule is N=CCCC(=O)CCC(=O)OCC1c2ccccc2-c2ccccc21. The van der Waals surface area contributed by atoms with E-state index in [1.54, 1.807) is 0 Å². The van der Waals surface area contributed by atoms with Crippen molar-refractivity contribution in [2.24, 2.45) is 0 Å². The van der Waals surface area contributed by atoms with Crippen LogP contribution in [0.2, 0.25) is 0 Å². The van der Waals surface area contributed by atoms with Gasteiger partial charge in [0.1, 0.15) is 12.4 Å². The molecule has 0 aromatic heterocycles. The lowest BCUT2D eigenvalue weighted by atomic mass is 9.98. The van der Waals surface area contributed by atoms with Crippen LogP contribution in [-0.4, -0.2) is 24.6 Å². The van der Waals surface area contributed by atoms with Gasteiger partial charge in [0, 0.05) is 18.8 Å². The number of ether oxygens (including phenoxy) is 1. The first-order valence-electron chi connectivity index (χ1n) is 8.55. The van der Waals surface area contributed by atoms with Crippen molar-refractivity contribution in [1.82, 2.24) is 0 Å². The normalized spacial score (nSPS) is 12.3. The smallest absolute Gasteiger partial charge is 0.306 e. The number of hydrogen-bond donors (Lipinski definition) is 1. The summed E-state index contributed by atoms with van der Waals surface area (Å²) >= 11 is 0. The lowest BCUT2D eigenvalue weighted by molar-refractivity contribution is -0.145. The lowest BCUT2D eigenvalue weighted by Crippen LogP contribution is -2.13. The molecule has 0 unspecified atom stereocenters. The quantitative estimate of drug-likeness (QED) is 0.583. The summed E-state index contributed by atoms with van der Waals surface area (Å²) in [6, 6.07) is 16.4. The molecule has 2 aromatic rings. The van der Waals surface area contributed by atoms with Crippen LogP contribution in [0.15, 0.2) is 48.5 Å². The van der Waals surface area contributed by atoms with Crippen molar-refractivity contribution in [2.45, 2.75) is 31.6 Å². The number of esters is 1. The molecule has 2 aromatic carbocycles. The molecular formula is C21H21NO3. The molecule has 0 bridgehead atoms. The molecule has 1 aliphatic carbocycles. The molecule has 25 heavy (non-hydrogen) atoms. The van der Waals surface area contributed by atoms with E-state index in [-0.39, 0.29) is 30.5 Å². The van der Waals surface area contributed by atoms with Crippen LogP contribution in [0.3, 0.4) is 0 Å². The number of rotatable bonds is 8. The molecule has 0 fully saturated rings. The Bertz CT molecular complexity index is 752. The summed E-state index contributed by atoms with van der Waals surface area (Å²) in [5.74, 6) is -0.299. The predicted octanol–water partition coefficient (Wildman–Crippen LogP) is 4.12. The first kappa shape index (κ1) is 17.1. The molecule has 4 nitrogen and oxygen atoms in total. The third-order valence-electron chi connectivity index (χ3n) is 4.55. The van der Waals surface area contributed by atoms with Crippen LogP contribution in [0.5, 0.6) is 0 Å². The first-order chi connectivity index (χ1) is 12.2. The van der Waals surface area contributed by atoms with Crippen molar-refractivity contribution in [3.63, 3.8) is 0 Å². The maximum absolute atomic E-state index is 12.0. The van der Waals surface area contributed by atoms with Gasteiger partial charge >= 0.3 is 5.97 Å². The number of ketones is 1. The largest absolute Gasteiger partial charge is 0.465 e. The minimum atomic E-state index is -0.343. The molecule has 0 saturated heterocycles. The van der Waals surface area contributed by atoms with Gasteiger partial charge in [0.25, 0.3) is 0 Å². The minimum Gasteiger partial charge on any atom is -0.465 e. The summed E-state index contributed by atoms with van der Waals surface area (Å²) in [4.78, 5) is 23.6. The number of hydrogen-bond acceptors (Lipinski definition) is 4. The fraction of sp³-hybridized carbons (Fsp3) is 0.286. The Labute approximate surface area is 147 Å². The monoisotopic (exact) mass is 335 g/mol. The molecule has 4 heteroatoms. The minimum absolute atomic E-state index is 0.00277. The van der Waals surface area contributed by atoms with Crippen LogP contribution < -0.4 is 0 Å². The Balaban J connectivity index is 1.61. The molecule has 0 heterocycles. The van der Waals surface area contributed by atoms with E-state index < -0.39 is 0 Å². The van der Waals surface area contributed by atoms with Crippen LogP contribution in [0.25, 0.3) is 11.1 Å². The highest BCUT2D eigenvalue weighted by molar-refractivity contribution is 5.84. The van der Waals surface area contributed by atoms with Crippen molar-refractivity contribution < 1.29 is 14.3 Å². The van der Waals surface area contributed by atoms with Crippen LogP contribution in [-0.2, 0) is 14.3 Å². The molecule has 128 valence electrons. The summed E-state index contributed by atoms with van der Waals surface area (Å²) in [6.45, 7) is 0.293. The van der Waals surface area contributed by atoms with Crippen molar-refractivity contribution in [1.29, 1.82) is 5.41 Å². The maximum Gasteiger partial charge on any atom is 0.306 e. The van der Waals surface area contributed by atoms with Crippen molar-refractivity contribution in [3.8, 4) is 11.1 Å². The topological polar surface area (TPSA) is 67.2 Å². The zero-order valence-electron chi connectivity index (χ0n) is 14.0. The molecule has 0 radical (unpaired) electrons. The van der Waals surface area contributed by atoms with Crippen LogP contribution >= 0.6 is 0 Å². The summed E-state index contributed by atoms with van der Waals surface area (Å²) in [6.07, 6.45) is 2.26. The zero-order valence-corrected chi connectivity index (χ0v) is 14.0. The molecule has 0 aliphatic heterocycles. The third kappa shape index (κ3) is 3.85. The Morgan fingerprint density at radius 2 is 1.52 bits per heavy atom. The number of fused-ring (bicyclic) bond motifs is 3. The van der Waals surface area contributed by atoms with E-state index in [1.807, 2.05) is 24.3 Å². The van der Waals surface area contributed by atoms with E-state index in [4.69, 9.17) is 10.1 Å². The second-order valence-electron chi connectivity index (χ2n) is 6.19. The number of Topliss-reactive ketones (excluding diaryl/α,β-unsaturated/α-hetero) is 1. The Morgan fingerprint density at radius 1 is 0.920 bits per heavy atom. The summed E-state index contributed by atoms with van der Waals surface area (Å²) < 4.78 is 5.46. The van der Waals surface area contributed by atoms with Gasteiger partial charge in [-0.3, -0.25) is 9.59 Å². The zero-order chi connectivity index (χ0) is 17.6. The second-order valence-corrected chi connectivity index (χ2v) is 6.19. The second kappa shape index (κ2) is 7.88. The van der Waals surface area contributed by atoms with E-state index in [0.29, 0.717) is 19.4 Å². The van der Waals surface area contributed by atoms with Gasteiger partial charge in [0.05, 0.1) is 6.42 Å². The van der Waals surface area contributed by atoms with Crippen LogP contribution in [0, 0.1) is 5.41 Å². The van der Waals surface area contributed by atoms with Gasteiger partial charge < -0.3 is 10.1 Å². The Hall–Kier alpha value is -2.75. The highest BCUT2D eigenvalue weighted by atomic mass is 16.5. The molecule has 3 rings (SSSR count). The fourth-order valence-electron chi connectivity index (χ4n) is 3.29. The summed E-state index contributed by atoms with van der Waals surface area (Å²) in [5.41, 5.74) is 4.75. The standard InChI is InChI=1S/C21H21NO3/c22-13-5-6-15(23)11-12-21(24)25-14-20-18-9-3-1-7-16(18)17-8-2-4-10-19(17)20/h1-4,7-10,13,20,22H,5-6,11-12,14H2. The van der Waals surface area contributed by atoms with Crippen molar-refractivity contribution in [3.05, 3.63) is 59.7 Å². The van der Waals surface area contributed by atoms with E-state index in [1.165, 1.54) is 28.5 Å². The fourth-order valence-corrected chi connectivity index (χ4v) is 3.29.